The Kier molecular flexibility index (Phi) is 6.53. The standard InChI is InChI=1S/C17H18N2O5S2/c1-9-12(15(20)23-3)14(26-13(9)16(21)24-4)19-17(25)18-10-5-7-11(22-2)8-6-10/h5-8H,1-4H3,(H2,18,19,25). The van der Waals surface area contributed by atoms with Crippen LogP contribution in [0.25, 0.3) is 0 Å². The molecule has 2 N–H and O–H groups in total. The minimum Gasteiger partial charge on any atom is -0.497 e. The molecule has 0 saturated heterocycles. The van der Waals surface area contributed by atoms with Crippen molar-refractivity contribution < 1.29 is 23.8 Å². The largest absolute Gasteiger partial charge is 0.497 e. The molecule has 0 bridgehead atoms. The molecule has 0 radical (unpaired) electrons. The summed E-state index contributed by atoms with van der Waals surface area (Å²) >= 11 is 6.37. The van der Waals surface area contributed by atoms with Gasteiger partial charge in [0.1, 0.15) is 15.6 Å². The normalized spacial score (nSPS) is 10.0. The van der Waals surface area contributed by atoms with Gasteiger partial charge in [0.15, 0.2) is 5.11 Å². The SMILES string of the molecule is COC(=O)c1sc(NC(=S)Nc2ccc(OC)cc2)c(C(=O)OC)c1C. The molecule has 0 amide bonds. The van der Waals surface area contributed by atoms with Crippen LogP contribution in [0.1, 0.15) is 25.6 Å². The number of rotatable bonds is 5. The zero-order chi connectivity index (χ0) is 19.3. The molecule has 0 unspecified atom stereocenters. The average Bonchev–Trinajstić information content (AvgIpc) is 2.96. The van der Waals surface area contributed by atoms with Gasteiger partial charge in [-0.15, -0.1) is 11.3 Å². The molecule has 0 saturated carbocycles. The number of hydrogen-bond acceptors (Lipinski definition) is 7. The summed E-state index contributed by atoms with van der Waals surface area (Å²) in [7, 11) is 4.14. The van der Waals surface area contributed by atoms with E-state index in [2.05, 4.69) is 10.6 Å². The zero-order valence-corrected chi connectivity index (χ0v) is 16.3. The number of nitrogens with one attached hydrogen (secondary N) is 2. The number of anilines is 2. The van der Waals surface area contributed by atoms with Crippen molar-refractivity contribution >= 4 is 51.3 Å². The molecule has 0 aliphatic rings. The Morgan fingerprint density at radius 2 is 1.62 bits per heavy atom. The van der Waals surface area contributed by atoms with Gasteiger partial charge in [0.25, 0.3) is 0 Å². The van der Waals surface area contributed by atoms with Crippen LogP contribution in [0.4, 0.5) is 10.7 Å². The summed E-state index contributed by atoms with van der Waals surface area (Å²) in [6, 6.07) is 7.17. The summed E-state index contributed by atoms with van der Waals surface area (Å²) in [6.07, 6.45) is 0. The maximum Gasteiger partial charge on any atom is 0.348 e. The molecule has 1 aromatic heterocycles. The van der Waals surface area contributed by atoms with E-state index in [1.807, 2.05) is 0 Å². The number of esters is 2. The third-order valence-corrected chi connectivity index (χ3v) is 4.87. The zero-order valence-electron chi connectivity index (χ0n) is 14.7. The van der Waals surface area contributed by atoms with E-state index in [0.717, 1.165) is 22.8 Å². The van der Waals surface area contributed by atoms with Crippen LogP contribution in [0.3, 0.4) is 0 Å². The average molecular weight is 394 g/mol. The highest BCUT2D eigenvalue weighted by molar-refractivity contribution is 7.80. The molecule has 2 aromatic rings. The lowest BCUT2D eigenvalue weighted by Crippen LogP contribution is -2.20. The van der Waals surface area contributed by atoms with E-state index in [4.69, 9.17) is 26.4 Å². The van der Waals surface area contributed by atoms with Gasteiger partial charge in [-0.25, -0.2) is 9.59 Å². The summed E-state index contributed by atoms with van der Waals surface area (Å²) in [5, 5.41) is 6.61. The van der Waals surface area contributed by atoms with Gasteiger partial charge in [0.05, 0.1) is 26.9 Å². The fourth-order valence-electron chi connectivity index (χ4n) is 2.18. The number of carbonyl (C=O) groups excluding carboxylic acids is 2. The molecule has 26 heavy (non-hydrogen) atoms. The van der Waals surface area contributed by atoms with Crippen molar-refractivity contribution in [3.63, 3.8) is 0 Å². The third-order valence-electron chi connectivity index (χ3n) is 3.48. The Labute approximate surface area is 160 Å². The first kappa shape index (κ1) is 19.7. The van der Waals surface area contributed by atoms with Crippen molar-refractivity contribution in [2.75, 3.05) is 32.0 Å². The van der Waals surface area contributed by atoms with E-state index in [-0.39, 0.29) is 10.7 Å². The van der Waals surface area contributed by atoms with Crippen molar-refractivity contribution in [2.24, 2.45) is 0 Å². The number of methoxy groups -OCH3 is 3. The predicted molar refractivity (Wildman–Crippen MR) is 105 cm³/mol. The summed E-state index contributed by atoms with van der Waals surface area (Å²) in [4.78, 5) is 24.3. The van der Waals surface area contributed by atoms with Gasteiger partial charge >= 0.3 is 11.9 Å². The van der Waals surface area contributed by atoms with Crippen molar-refractivity contribution in [2.45, 2.75) is 6.92 Å². The van der Waals surface area contributed by atoms with Gasteiger partial charge in [-0.1, -0.05) is 0 Å². The fourth-order valence-corrected chi connectivity index (χ4v) is 3.58. The van der Waals surface area contributed by atoms with Crippen LogP contribution in [0.15, 0.2) is 24.3 Å². The van der Waals surface area contributed by atoms with Gasteiger partial charge in [0.2, 0.25) is 0 Å². The van der Waals surface area contributed by atoms with Crippen LogP contribution in [0, 0.1) is 6.92 Å². The topological polar surface area (TPSA) is 85.9 Å². The molecule has 1 aromatic carbocycles. The van der Waals surface area contributed by atoms with E-state index in [9.17, 15) is 9.59 Å². The fraction of sp³-hybridized carbons (Fsp3) is 0.235. The van der Waals surface area contributed by atoms with E-state index in [1.54, 1.807) is 38.3 Å². The monoisotopic (exact) mass is 394 g/mol. The lowest BCUT2D eigenvalue weighted by Gasteiger charge is -2.11. The van der Waals surface area contributed by atoms with E-state index in [1.165, 1.54) is 14.2 Å². The highest BCUT2D eigenvalue weighted by Gasteiger charge is 2.26. The van der Waals surface area contributed by atoms with E-state index < -0.39 is 11.9 Å². The van der Waals surface area contributed by atoms with Crippen LogP contribution < -0.4 is 15.4 Å². The number of benzene rings is 1. The molecule has 0 spiro atoms. The Bertz CT molecular complexity index is 830. The molecule has 0 atom stereocenters. The van der Waals surface area contributed by atoms with Gasteiger partial charge < -0.3 is 24.8 Å². The van der Waals surface area contributed by atoms with Crippen LogP contribution in [0.5, 0.6) is 5.75 Å². The Hall–Kier alpha value is -2.65. The maximum absolute atomic E-state index is 12.1. The molecular formula is C17H18N2O5S2. The Morgan fingerprint density at radius 1 is 1.00 bits per heavy atom. The van der Waals surface area contributed by atoms with E-state index in [0.29, 0.717) is 15.4 Å². The minimum absolute atomic E-state index is 0.247. The lowest BCUT2D eigenvalue weighted by atomic mass is 10.1. The van der Waals surface area contributed by atoms with Gasteiger partial charge in [0, 0.05) is 5.69 Å². The molecule has 7 nitrogen and oxygen atoms in total. The van der Waals surface area contributed by atoms with Gasteiger partial charge in [-0.05, 0) is 49.0 Å². The summed E-state index contributed by atoms with van der Waals surface area (Å²) in [5.74, 6) is -0.373. The molecule has 0 fully saturated rings. The molecule has 1 heterocycles. The quantitative estimate of drug-likeness (QED) is 0.589. The second kappa shape index (κ2) is 8.63. The van der Waals surface area contributed by atoms with E-state index >= 15 is 0 Å². The summed E-state index contributed by atoms with van der Waals surface area (Å²) in [6.45, 7) is 1.65. The van der Waals surface area contributed by atoms with Crippen LogP contribution in [-0.4, -0.2) is 38.4 Å². The highest BCUT2D eigenvalue weighted by atomic mass is 32.1. The summed E-state index contributed by atoms with van der Waals surface area (Å²) < 4.78 is 14.7. The molecule has 2 rings (SSSR count). The highest BCUT2D eigenvalue weighted by Crippen LogP contribution is 2.34. The predicted octanol–water partition coefficient (Wildman–Crippen LogP) is 3.45. The number of thiocarbonyl (C=S) groups is 1. The van der Waals surface area contributed by atoms with Crippen molar-refractivity contribution in [3.8, 4) is 5.75 Å². The molecular weight excluding hydrogens is 376 g/mol. The number of carbonyl (C=O) groups is 2. The second-order valence-corrected chi connectivity index (χ2v) is 6.48. The molecule has 0 aliphatic heterocycles. The first-order valence-corrected chi connectivity index (χ1v) is 8.65. The summed E-state index contributed by atoms with van der Waals surface area (Å²) in [5.41, 5.74) is 1.46. The first-order chi connectivity index (χ1) is 12.4. The Morgan fingerprint density at radius 3 is 2.15 bits per heavy atom. The third kappa shape index (κ3) is 4.30. The van der Waals surface area contributed by atoms with Crippen LogP contribution >= 0.6 is 23.6 Å². The van der Waals surface area contributed by atoms with Gasteiger partial charge in [-0.3, -0.25) is 0 Å². The van der Waals surface area contributed by atoms with Crippen molar-refractivity contribution in [1.82, 2.24) is 0 Å². The van der Waals surface area contributed by atoms with Crippen LogP contribution in [-0.2, 0) is 9.47 Å². The number of thiophene rings is 1. The second-order valence-electron chi connectivity index (χ2n) is 5.05. The Balaban J connectivity index is 2.24. The number of hydrogen-bond donors (Lipinski definition) is 2. The van der Waals surface area contributed by atoms with Crippen molar-refractivity contribution in [1.29, 1.82) is 0 Å². The minimum atomic E-state index is -0.566. The first-order valence-electron chi connectivity index (χ1n) is 7.43. The van der Waals surface area contributed by atoms with Gasteiger partial charge in [-0.2, -0.15) is 0 Å². The van der Waals surface area contributed by atoms with Crippen LogP contribution in [0.2, 0.25) is 0 Å². The molecule has 9 heteroatoms. The lowest BCUT2D eigenvalue weighted by molar-refractivity contribution is 0.0601. The maximum atomic E-state index is 12.1. The molecule has 0 aliphatic carbocycles. The molecule has 138 valence electrons. The smallest absolute Gasteiger partial charge is 0.348 e. The van der Waals surface area contributed by atoms with Crippen molar-refractivity contribution in [3.05, 3.63) is 40.3 Å². The number of ether oxygens (including phenoxy) is 3.